The molecule has 1 heterocycles. The molecule has 1 saturated heterocycles. The summed E-state index contributed by atoms with van der Waals surface area (Å²) in [6.07, 6.45) is 1.41. The van der Waals surface area contributed by atoms with Crippen LogP contribution >= 0.6 is 0 Å². The molecule has 0 bridgehead atoms. The lowest BCUT2D eigenvalue weighted by Crippen LogP contribution is -2.51. The normalized spacial score (nSPS) is 22.7. The van der Waals surface area contributed by atoms with Gasteiger partial charge in [0.25, 0.3) is 0 Å². The third-order valence-electron chi connectivity index (χ3n) is 3.09. The summed E-state index contributed by atoms with van der Waals surface area (Å²) >= 11 is 0. The van der Waals surface area contributed by atoms with E-state index in [0.29, 0.717) is 19.3 Å². The fourth-order valence-corrected chi connectivity index (χ4v) is 1.75. The Balaban J connectivity index is 2.58. The maximum absolute atomic E-state index is 11.7. The molecule has 1 rings (SSSR count). The van der Waals surface area contributed by atoms with Crippen LogP contribution in [-0.2, 0) is 14.4 Å². The molecule has 0 aromatic rings. The standard InChI is InChI=1S/C11H18N2O4/c1-3-6(2)9(11(16)17)13-10(15)7-4-5-8(14)12-7/h6-7,9H,3-5H2,1-2H3,(H,12,14)(H,13,15)(H,16,17)/t6?,7?,9-/m0/s1. The molecule has 0 spiro atoms. The first-order valence-corrected chi connectivity index (χ1v) is 5.78. The van der Waals surface area contributed by atoms with Crippen LogP contribution in [0.15, 0.2) is 0 Å². The maximum Gasteiger partial charge on any atom is 0.326 e. The van der Waals surface area contributed by atoms with Crippen LogP contribution in [0.5, 0.6) is 0 Å². The molecule has 6 heteroatoms. The van der Waals surface area contributed by atoms with Gasteiger partial charge in [0.15, 0.2) is 0 Å². The van der Waals surface area contributed by atoms with Gasteiger partial charge in [0.05, 0.1) is 0 Å². The van der Waals surface area contributed by atoms with Gasteiger partial charge in [-0.3, -0.25) is 9.59 Å². The third kappa shape index (κ3) is 3.44. The minimum Gasteiger partial charge on any atom is -0.480 e. The van der Waals surface area contributed by atoms with Gasteiger partial charge in [0.2, 0.25) is 11.8 Å². The minimum atomic E-state index is -1.04. The van der Waals surface area contributed by atoms with Crippen molar-refractivity contribution < 1.29 is 19.5 Å². The molecule has 96 valence electrons. The fourth-order valence-electron chi connectivity index (χ4n) is 1.75. The third-order valence-corrected chi connectivity index (χ3v) is 3.09. The van der Waals surface area contributed by atoms with Crippen LogP contribution < -0.4 is 10.6 Å². The second-order valence-electron chi connectivity index (χ2n) is 4.37. The molecule has 1 aliphatic rings. The Bertz CT molecular complexity index is 329. The van der Waals surface area contributed by atoms with Crippen LogP contribution in [0, 0.1) is 5.92 Å². The highest BCUT2D eigenvalue weighted by Crippen LogP contribution is 2.11. The Morgan fingerprint density at radius 2 is 2.24 bits per heavy atom. The Morgan fingerprint density at radius 1 is 1.59 bits per heavy atom. The van der Waals surface area contributed by atoms with Crippen molar-refractivity contribution in [2.45, 2.75) is 45.2 Å². The molecular formula is C11H18N2O4. The minimum absolute atomic E-state index is 0.145. The quantitative estimate of drug-likeness (QED) is 0.626. The lowest BCUT2D eigenvalue weighted by atomic mass is 9.99. The number of carbonyl (C=O) groups excluding carboxylic acids is 2. The summed E-state index contributed by atoms with van der Waals surface area (Å²) in [5.41, 5.74) is 0. The summed E-state index contributed by atoms with van der Waals surface area (Å²) in [7, 11) is 0. The summed E-state index contributed by atoms with van der Waals surface area (Å²) in [6.45, 7) is 3.64. The highest BCUT2D eigenvalue weighted by Gasteiger charge is 2.32. The van der Waals surface area contributed by atoms with E-state index in [4.69, 9.17) is 5.11 Å². The molecule has 0 aromatic carbocycles. The molecule has 0 saturated carbocycles. The topological polar surface area (TPSA) is 95.5 Å². The number of nitrogens with one attached hydrogen (secondary N) is 2. The molecule has 2 amide bonds. The van der Waals surface area contributed by atoms with Gasteiger partial charge >= 0.3 is 5.97 Å². The van der Waals surface area contributed by atoms with Crippen molar-refractivity contribution in [2.75, 3.05) is 0 Å². The number of aliphatic carboxylic acids is 1. The molecule has 3 N–H and O–H groups in total. The Kier molecular flexibility index (Phi) is 4.48. The van der Waals surface area contributed by atoms with E-state index in [0.717, 1.165) is 0 Å². The van der Waals surface area contributed by atoms with Gasteiger partial charge < -0.3 is 15.7 Å². The number of amides is 2. The summed E-state index contributed by atoms with van der Waals surface area (Å²) in [5.74, 6) is -1.77. The molecule has 0 aromatic heterocycles. The highest BCUT2D eigenvalue weighted by atomic mass is 16.4. The Labute approximate surface area is 99.8 Å². The van der Waals surface area contributed by atoms with Gasteiger partial charge in [0, 0.05) is 6.42 Å². The first kappa shape index (κ1) is 13.5. The monoisotopic (exact) mass is 242 g/mol. The molecule has 0 radical (unpaired) electrons. The molecule has 1 aliphatic heterocycles. The Hall–Kier alpha value is -1.59. The molecule has 17 heavy (non-hydrogen) atoms. The number of carboxylic acids is 1. The highest BCUT2D eigenvalue weighted by molar-refractivity contribution is 5.92. The van der Waals surface area contributed by atoms with Crippen LogP contribution in [0.1, 0.15) is 33.1 Å². The molecule has 6 nitrogen and oxygen atoms in total. The zero-order valence-electron chi connectivity index (χ0n) is 10.0. The first-order chi connectivity index (χ1) is 7.95. The average Bonchev–Trinajstić information content (AvgIpc) is 2.71. The van der Waals surface area contributed by atoms with Crippen LogP contribution in [0.3, 0.4) is 0 Å². The van der Waals surface area contributed by atoms with Crippen molar-refractivity contribution in [3.63, 3.8) is 0 Å². The van der Waals surface area contributed by atoms with Crippen LogP contribution in [0.25, 0.3) is 0 Å². The van der Waals surface area contributed by atoms with Gasteiger partial charge in [-0.05, 0) is 12.3 Å². The SMILES string of the molecule is CCC(C)[C@H](NC(=O)C1CCC(=O)N1)C(=O)O. The van der Waals surface area contributed by atoms with E-state index in [1.165, 1.54) is 0 Å². The first-order valence-electron chi connectivity index (χ1n) is 5.78. The van der Waals surface area contributed by atoms with Crippen molar-refractivity contribution >= 4 is 17.8 Å². The largest absolute Gasteiger partial charge is 0.480 e. The Morgan fingerprint density at radius 3 is 2.65 bits per heavy atom. The van der Waals surface area contributed by atoms with Crippen molar-refractivity contribution in [2.24, 2.45) is 5.92 Å². The van der Waals surface area contributed by atoms with Crippen molar-refractivity contribution in [1.29, 1.82) is 0 Å². The lowest BCUT2D eigenvalue weighted by molar-refractivity contribution is -0.143. The smallest absolute Gasteiger partial charge is 0.326 e. The lowest BCUT2D eigenvalue weighted by Gasteiger charge is -2.21. The average molecular weight is 242 g/mol. The summed E-state index contributed by atoms with van der Waals surface area (Å²) in [6, 6.07) is -1.49. The van der Waals surface area contributed by atoms with E-state index in [2.05, 4.69) is 10.6 Å². The number of hydrogen-bond acceptors (Lipinski definition) is 3. The van der Waals surface area contributed by atoms with Gasteiger partial charge in [0.1, 0.15) is 12.1 Å². The molecule has 0 aliphatic carbocycles. The van der Waals surface area contributed by atoms with Crippen molar-refractivity contribution in [1.82, 2.24) is 10.6 Å². The number of hydrogen-bond donors (Lipinski definition) is 3. The summed E-state index contributed by atoms with van der Waals surface area (Å²) in [5, 5.41) is 14.0. The molecule has 3 atom stereocenters. The van der Waals surface area contributed by atoms with Gasteiger partial charge in [-0.25, -0.2) is 4.79 Å². The van der Waals surface area contributed by atoms with Crippen LogP contribution in [0.4, 0.5) is 0 Å². The van der Waals surface area contributed by atoms with E-state index in [1.807, 2.05) is 6.92 Å². The van der Waals surface area contributed by atoms with Gasteiger partial charge in [-0.15, -0.1) is 0 Å². The van der Waals surface area contributed by atoms with Crippen molar-refractivity contribution in [3.8, 4) is 0 Å². The van der Waals surface area contributed by atoms with Crippen LogP contribution in [0.2, 0.25) is 0 Å². The molecule has 2 unspecified atom stereocenters. The van der Waals surface area contributed by atoms with E-state index in [9.17, 15) is 14.4 Å². The van der Waals surface area contributed by atoms with E-state index < -0.39 is 24.0 Å². The van der Waals surface area contributed by atoms with E-state index in [-0.39, 0.29) is 11.8 Å². The van der Waals surface area contributed by atoms with E-state index >= 15 is 0 Å². The summed E-state index contributed by atoms with van der Waals surface area (Å²) < 4.78 is 0. The predicted molar refractivity (Wildman–Crippen MR) is 60.2 cm³/mol. The molecular weight excluding hydrogens is 224 g/mol. The van der Waals surface area contributed by atoms with Gasteiger partial charge in [-0.1, -0.05) is 20.3 Å². The van der Waals surface area contributed by atoms with Gasteiger partial charge in [-0.2, -0.15) is 0 Å². The number of rotatable bonds is 5. The molecule has 1 fully saturated rings. The zero-order valence-corrected chi connectivity index (χ0v) is 10.0. The maximum atomic E-state index is 11.7. The predicted octanol–water partition coefficient (Wildman–Crippen LogP) is -0.119. The summed E-state index contributed by atoms with van der Waals surface area (Å²) in [4.78, 5) is 33.7. The zero-order chi connectivity index (χ0) is 13.0. The van der Waals surface area contributed by atoms with Crippen molar-refractivity contribution in [3.05, 3.63) is 0 Å². The number of carbonyl (C=O) groups is 3. The van der Waals surface area contributed by atoms with E-state index in [1.54, 1.807) is 6.92 Å². The second-order valence-corrected chi connectivity index (χ2v) is 4.37. The number of carboxylic acid groups (broad SMARTS) is 1. The van der Waals surface area contributed by atoms with Crippen LogP contribution in [-0.4, -0.2) is 35.0 Å². The fraction of sp³-hybridized carbons (Fsp3) is 0.727. The second kappa shape index (κ2) is 5.65.